The van der Waals surface area contributed by atoms with Crippen molar-refractivity contribution in [2.75, 3.05) is 13.7 Å². The van der Waals surface area contributed by atoms with Gasteiger partial charge >= 0.3 is 12.1 Å². The molecule has 44 heavy (non-hydrogen) atoms. The lowest BCUT2D eigenvalue weighted by Gasteiger charge is -2.26. The summed E-state index contributed by atoms with van der Waals surface area (Å²) in [6, 6.07) is 17.1. The number of esters is 1. The third kappa shape index (κ3) is 6.62. The number of nitrogens with zero attached hydrogens (tertiary/aromatic N) is 2. The first-order chi connectivity index (χ1) is 21.0. The molecule has 0 spiro atoms. The minimum Gasteiger partial charge on any atom is -0.493 e. The first-order valence-corrected chi connectivity index (χ1v) is 15.1. The van der Waals surface area contributed by atoms with Crippen LogP contribution in [0, 0.1) is 0 Å². The molecular weight excluding hydrogens is 685 g/mol. The molecule has 1 aromatic heterocycles. The summed E-state index contributed by atoms with van der Waals surface area (Å²) in [5.41, 5.74) is -1.13. The number of carbonyl (C=O) groups excluding carboxylic acids is 1. The Bertz CT molecular complexity index is 1920. The highest BCUT2D eigenvalue weighted by atomic mass is 79.9. The normalized spacial score (nSPS) is 15.1. The van der Waals surface area contributed by atoms with E-state index in [1.165, 1.54) is 44.4 Å². The van der Waals surface area contributed by atoms with Gasteiger partial charge in [0.25, 0.3) is 5.56 Å². The third-order valence-electron chi connectivity index (χ3n) is 6.57. The Hall–Kier alpha value is -3.87. The predicted molar refractivity (Wildman–Crippen MR) is 164 cm³/mol. The molecule has 2 heterocycles. The van der Waals surface area contributed by atoms with Gasteiger partial charge in [-0.25, -0.2) is 9.79 Å². The number of methoxy groups -OCH3 is 1. The Labute approximate surface area is 266 Å². The van der Waals surface area contributed by atoms with Crippen LogP contribution in [0.2, 0.25) is 5.02 Å². The lowest BCUT2D eigenvalue weighted by atomic mass is 9.95. The predicted octanol–water partition coefficient (Wildman–Crippen LogP) is 6.34. The van der Waals surface area contributed by atoms with Crippen LogP contribution in [0.3, 0.4) is 0 Å². The Morgan fingerprint density at radius 3 is 2.43 bits per heavy atom. The van der Waals surface area contributed by atoms with Crippen LogP contribution in [0.5, 0.6) is 11.5 Å². The Kier molecular flexibility index (Phi) is 9.33. The smallest absolute Gasteiger partial charge is 0.434 e. The second-order valence-corrected chi connectivity index (χ2v) is 11.8. The van der Waals surface area contributed by atoms with Gasteiger partial charge in [0.2, 0.25) is 0 Å². The van der Waals surface area contributed by atoms with Crippen molar-refractivity contribution < 1.29 is 32.2 Å². The molecule has 13 heteroatoms. The quantitative estimate of drug-likeness (QED) is 0.200. The van der Waals surface area contributed by atoms with Crippen molar-refractivity contribution in [3.8, 4) is 11.5 Å². The maximum Gasteiger partial charge on any atom is 0.434 e. The number of hydrogen-bond donors (Lipinski definition) is 0. The summed E-state index contributed by atoms with van der Waals surface area (Å²) in [5.74, 6) is -0.362. The summed E-state index contributed by atoms with van der Waals surface area (Å²) in [6.45, 7) is 1.59. The van der Waals surface area contributed by atoms with E-state index in [-0.39, 0.29) is 28.1 Å². The maximum absolute atomic E-state index is 14.3. The summed E-state index contributed by atoms with van der Waals surface area (Å²) in [4.78, 5) is 30.3. The third-order valence-corrected chi connectivity index (χ3v) is 8.34. The minimum atomic E-state index is -5.00. The molecule has 0 aliphatic carbocycles. The average Bonchev–Trinajstić information content (AvgIpc) is 3.30. The van der Waals surface area contributed by atoms with Crippen molar-refractivity contribution in [3.63, 3.8) is 0 Å². The van der Waals surface area contributed by atoms with E-state index >= 15 is 0 Å². The molecule has 4 aromatic rings. The summed E-state index contributed by atoms with van der Waals surface area (Å²) < 4.78 is 61.4. The SMILES string of the molecule is CCOC(=O)C1=C(C(F)(F)F)N=c2s/c(=C\c3ccc(OCc4ccc(Br)cc4)c(OC)c3)c(=O)n2[C@H]1c1ccc(Cl)cc1. The van der Waals surface area contributed by atoms with Gasteiger partial charge in [-0.1, -0.05) is 69.2 Å². The number of thiazole rings is 1. The van der Waals surface area contributed by atoms with E-state index in [4.69, 9.17) is 25.8 Å². The number of allylic oxidation sites excluding steroid dienone is 1. The van der Waals surface area contributed by atoms with E-state index in [0.29, 0.717) is 22.1 Å². The first kappa shape index (κ1) is 31.6. The van der Waals surface area contributed by atoms with E-state index in [9.17, 15) is 22.8 Å². The van der Waals surface area contributed by atoms with Gasteiger partial charge in [0.05, 0.1) is 29.9 Å². The van der Waals surface area contributed by atoms with Gasteiger partial charge in [-0.15, -0.1) is 0 Å². The molecule has 7 nitrogen and oxygen atoms in total. The number of hydrogen-bond acceptors (Lipinski definition) is 7. The lowest BCUT2D eigenvalue weighted by molar-refractivity contribution is -0.140. The van der Waals surface area contributed by atoms with Crippen molar-refractivity contribution in [3.05, 3.63) is 124 Å². The number of alkyl halides is 3. The van der Waals surface area contributed by atoms with Crippen LogP contribution >= 0.6 is 38.9 Å². The average molecular weight is 708 g/mol. The summed E-state index contributed by atoms with van der Waals surface area (Å²) in [6.07, 6.45) is -3.48. The molecule has 0 saturated heterocycles. The zero-order valence-corrected chi connectivity index (χ0v) is 26.3. The molecule has 0 fully saturated rings. The van der Waals surface area contributed by atoms with E-state index in [1.807, 2.05) is 24.3 Å². The molecule has 1 atom stereocenters. The molecule has 0 saturated carbocycles. The van der Waals surface area contributed by atoms with Gasteiger partial charge in [0.15, 0.2) is 22.0 Å². The van der Waals surface area contributed by atoms with E-state index in [1.54, 1.807) is 18.2 Å². The van der Waals surface area contributed by atoms with Gasteiger partial charge in [0, 0.05) is 9.50 Å². The van der Waals surface area contributed by atoms with Gasteiger partial charge < -0.3 is 14.2 Å². The zero-order valence-electron chi connectivity index (χ0n) is 23.2. The van der Waals surface area contributed by atoms with Crippen LogP contribution in [0.4, 0.5) is 13.2 Å². The van der Waals surface area contributed by atoms with Gasteiger partial charge in [-0.2, -0.15) is 13.2 Å². The van der Waals surface area contributed by atoms with Crippen molar-refractivity contribution in [2.24, 2.45) is 4.99 Å². The van der Waals surface area contributed by atoms with Crippen LogP contribution in [0.1, 0.15) is 29.7 Å². The summed E-state index contributed by atoms with van der Waals surface area (Å²) in [5, 5.41) is 0.331. The number of aromatic nitrogens is 1. The molecule has 228 valence electrons. The molecule has 0 radical (unpaired) electrons. The molecule has 0 amide bonds. The fraction of sp³-hybridized carbons (Fsp3) is 0.194. The first-order valence-electron chi connectivity index (χ1n) is 13.1. The minimum absolute atomic E-state index is 0.0972. The fourth-order valence-corrected chi connectivity index (χ4v) is 5.98. The Morgan fingerprint density at radius 2 is 1.80 bits per heavy atom. The van der Waals surface area contributed by atoms with Gasteiger partial charge in [-0.05, 0) is 66.1 Å². The van der Waals surface area contributed by atoms with Crippen molar-refractivity contribution >= 4 is 50.9 Å². The zero-order chi connectivity index (χ0) is 31.6. The molecule has 3 aromatic carbocycles. The number of benzene rings is 3. The number of fused-ring (bicyclic) bond motifs is 1. The lowest BCUT2D eigenvalue weighted by Crippen LogP contribution is -2.41. The number of ether oxygens (including phenoxy) is 3. The standard InChI is InChI=1S/C31H23BrClF3N2O5S/c1-3-42-29(40)25-26(19-7-11-21(33)12-8-19)38-28(39)24(44-30(38)37-27(25)31(34,35)36)15-18-6-13-22(23(14-18)41-2)43-16-17-4-9-20(32)10-5-17/h4-15,26H,3,16H2,1-2H3/b24-15-/t26-/m0/s1. The van der Waals surface area contributed by atoms with Crippen molar-refractivity contribution in [1.29, 1.82) is 0 Å². The molecular formula is C31H23BrClF3N2O5S. The number of halogens is 5. The Morgan fingerprint density at radius 1 is 1.09 bits per heavy atom. The number of carbonyl (C=O) groups is 1. The van der Waals surface area contributed by atoms with Crippen LogP contribution in [-0.2, 0) is 16.1 Å². The highest BCUT2D eigenvalue weighted by molar-refractivity contribution is 9.10. The second-order valence-electron chi connectivity index (χ2n) is 9.44. The maximum atomic E-state index is 14.3. The molecule has 0 unspecified atom stereocenters. The van der Waals surface area contributed by atoms with E-state index in [0.717, 1.165) is 25.9 Å². The van der Waals surface area contributed by atoms with E-state index < -0.39 is 35.0 Å². The molecule has 5 rings (SSSR count). The van der Waals surface area contributed by atoms with Crippen LogP contribution in [0.25, 0.3) is 6.08 Å². The van der Waals surface area contributed by atoms with Crippen molar-refractivity contribution in [1.82, 2.24) is 4.57 Å². The second kappa shape index (κ2) is 13.0. The molecule has 0 bridgehead atoms. The van der Waals surface area contributed by atoms with E-state index in [2.05, 4.69) is 20.9 Å². The monoisotopic (exact) mass is 706 g/mol. The highest BCUT2D eigenvalue weighted by Crippen LogP contribution is 2.38. The molecule has 0 N–H and O–H groups in total. The number of rotatable bonds is 8. The molecule has 1 aliphatic heterocycles. The highest BCUT2D eigenvalue weighted by Gasteiger charge is 2.45. The largest absolute Gasteiger partial charge is 0.493 e. The van der Waals surface area contributed by atoms with Crippen LogP contribution < -0.4 is 24.4 Å². The van der Waals surface area contributed by atoms with Crippen molar-refractivity contribution in [2.45, 2.75) is 25.7 Å². The van der Waals surface area contributed by atoms with Gasteiger partial charge in [0.1, 0.15) is 6.61 Å². The van der Waals surface area contributed by atoms with Gasteiger partial charge in [-0.3, -0.25) is 9.36 Å². The molecule has 1 aliphatic rings. The fourth-order valence-electron chi connectivity index (χ4n) is 4.59. The summed E-state index contributed by atoms with van der Waals surface area (Å²) in [7, 11) is 1.47. The summed E-state index contributed by atoms with van der Waals surface area (Å²) >= 11 is 10.2. The van der Waals surface area contributed by atoms with Crippen LogP contribution in [0.15, 0.2) is 92.3 Å². The van der Waals surface area contributed by atoms with Crippen LogP contribution in [-0.4, -0.2) is 30.4 Å². The Balaban J connectivity index is 1.60. The topological polar surface area (TPSA) is 79.1 Å².